The van der Waals surface area contributed by atoms with E-state index in [2.05, 4.69) is 26.7 Å². The summed E-state index contributed by atoms with van der Waals surface area (Å²) < 4.78 is 1.07. The quantitative estimate of drug-likeness (QED) is 0.432. The van der Waals surface area contributed by atoms with Gasteiger partial charge >= 0.3 is 0 Å². The van der Waals surface area contributed by atoms with Crippen LogP contribution in [0, 0.1) is 0 Å². The van der Waals surface area contributed by atoms with Crippen LogP contribution in [0.4, 0.5) is 0 Å². The van der Waals surface area contributed by atoms with Gasteiger partial charge in [0.25, 0.3) is 0 Å². The molecule has 1 unspecified atom stereocenters. The number of hydrogen-bond donors (Lipinski definition) is 3. The van der Waals surface area contributed by atoms with Crippen LogP contribution in [0.2, 0.25) is 0 Å². The molecule has 0 saturated heterocycles. The summed E-state index contributed by atoms with van der Waals surface area (Å²) in [7, 11) is 0. The average Bonchev–Trinajstić information content (AvgIpc) is 1.95. The van der Waals surface area contributed by atoms with E-state index in [-0.39, 0.29) is 6.17 Å². The molecule has 0 radical (unpaired) electrons. The molecule has 1 aliphatic heterocycles. The third-order valence-electron chi connectivity index (χ3n) is 1.36. The van der Waals surface area contributed by atoms with E-state index in [0.717, 1.165) is 4.48 Å². The van der Waals surface area contributed by atoms with E-state index in [0.29, 0.717) is 0 Å². The van der Waals surface area contributed by atoms with Crippen molar-refractivity contribution in [3.63, 3.8) is 0 Å². The van der Waals surface area contributed by atoms with Crippen molar-refractivity contribution in [1.82, 2.24) is 10.7 Å². The van der Waals surface area contributed by atoms with Crippen molar-refractivity contribution in [2.24, 2.45) is 5.84 Å². The molecule has 4 heteroatoms. The van der Waals surface area contributed by atoms with Crippen molar-refractivity contribution >= 4 is 15.9 Å². The van der Waals surface area contributed by atoms with Gasteiger partial charge in [-0.1, -0.05) is 0 Å². The molecule has 0 amide bonds. The summed E-state index contributed by atoms with van der Waals surface area (Å²) in [4.78, 5) is 0. The van der Waals surface area contributed by atoms with E-state index in [4.69, 9.17) is 5.84 Å². The van der Waals surface area contributed by atoms with E-state index >= 15 is 0 Å². The lowest BCUT2D eigenvalue weighted by molar-refractivity contribution is 0.563. The minimum absolute atomic E-state index is 0.0568. The van der Waals surface area contributed by atoms with Gasteiger partial charge < -0.3 is 5.32 Å². The SMILES string of the molecule is CC1=CC(NN)NC=C1Br. The second kappa shape index (κ2) is 3.18. The molecule has 0 aromatic carbocycles. The lowest BCUT2D eigenvalue weighted by Crippen LogP contribution is -2.43. The number of nitrogens with two attached hydrogens (primary N) is 1. The van der Waals surface area contributed by atoms with Crippen LogP contribution in [0.25, 0.3) is 0 Å². The third kappa shape index (κ3) is 1.59. The predicted octanol–water partition coefficient (Wildman–Crippen LogP) is 0.562. The van der Waals surface area contributed by atoms with Gasteiger partial charge in [-0.2, -0.15) is 0 Å². The lowest BCUT2D eigenvalue weighted by Gasteiger charge is -2.18. The Morgan fingerprint density at radius 1 is 1.80 bits per heavy atom. The lowest BCUT2D eigenvalue weighted by atomic mass is 10.2. The molecule has 56 valence electrons. The van der Waals surface area contributed by atoms with E-state index < -0.39 is 0 Å². The van der Waals surface area contributed by atoms with Crippen LogP contribution in [0.3, 0.4) is 0 Å². The molecule has 1 aliphatic rings. The smallest absolute Gasteiger partial charge is 0.109 e. The Hall–Kier alpha value is -0.320. The van der Waals surface area contributed by atoms with E-state index in [1.54, 1.807) is 0 Å². The molecule has 10 heavy (non-hydrogen) atoms. The number of rotatable bonds is 1. The Kier molecular flexibility index (Phi) is 2.48. The zero-order valence-corrected chi connectivity index (χ0v) is 7.27. The van der Waals surface area contributed by atoms with Gasteiger partial charge in [-0.05, 0) is 34.5 Å². The second-order valence-corrected chi connectivity index (χ2v) is 3.01. The van der Waals surface area contributed by atoms with Crippen LogP contribution < -0.4 is 16.6 Å². The first kappa shape index (κ1) is 7.78. The molecular formula is C6H10BrN3. The zero-order chi connectivity index (χ0) is 7.56. The number of hydrazine groups is 1. The standard InChI is InChI=1S/C6H10BrN3/c1-4-2-6(10-8)9-3-5(4)7/h2-3,6,9-10H,8H2,1H3. The van der Waals surface area contributed by atoms with Crippen molar-refractivity contribution in [2.75, 3.05) is 0 Å². The molecule has 0 aromatic heterocycles. The highest BCUT2D eigenvalue weighted by Crippen LogP contribution is 2.18. The van der Waals surface area contributed by atoms with Crippen LogP contribution in [0.1, 0.15) is 6.92 Å². The summed E-state index contributed by atoms with van der Waals surface area (Å²) >= 11 is 3.37. The van der Waals surface area contributed by atoms with Gasteiger partial charge in [0.1, 0.15) is 6.17 Å². The van der Waals surface area contributed by atoms with Gasteiger partial charge in [0, 0.05) is 10.7 Å². The van der Waals surface area contributed by atoms with Crippen molar-refractivity contribution < 1.29 is 0 Å². The van der Waals surface area contributed by atoms with Gasteiger partial charge in [0.2, 0.25) is 0 Å². The minimum atomic E-state index is 0.0568. The first-order chi connectivity index (χ1) is 4.74. The Bertz CT molecular complexity index is 185. The van der Waals surface area contributed by atoms with Crippen molar-refractivity contribution in [1.29, 1.82) is 0 Å². The van der Waals surface area contributed by atoms with Crippen LogP contribution in [0.5, 0.6) is 0 Å². The van der Waals surface area contributed by atoms with Crippen molar-refractivity contribution in [3.8, 4) is 0 Å². The molecule has 0 saturated carbocycles. The van der Waals surface area contributed by atoms with E-state index in [9.17, 15) is 0 Å². The van der Waals surface area contributed by atoms with Crippen LogP contribution in [-0.2, 0) is 0 Å². The number of nitrogens with one attached hydrogen (secondary N) is 2. The minimum Gasteiger partial charge on any atom is -0.371 e. The average molecular weight is 204 g/mol. The number of dihydropyridines is 1. The molecule has 4 N–H and O–H groups in total. The van der Waals surface area contributed by atoms with Gasteiger partial charge in [-0.15, -0.1) is 0 Å². The summed E-state index contributed by atoms with van der Waals surface area (Å²) in [6.45, 7) is 2.02. The maximum absolute atomic E-state index is 5.21. The molecule has 1 heterocycles. The fourth-order valence-electron chi connectivity index (χ4n) is 0.751. The summed E-state index contributed by atoms with van der Waals surface area (Å²) in [5.74, 6) is 5.21. The highest BCUT2D eigenvalue weighted by Gasteiger charge is 2.07. The van der Waals surface area contributed by atoms with Crippen molar-refractivity contribution in [3.05, 3.63) is 22.3 Å². The predicted molar refractivity (Wildman–Crippen MR) is 45.0 cm³/mol. The maximum Gasteiger partial charge on any atom is 0.109 e. The largest absolute Gasteiger partial charge is 0.371 e. The first-order valence-corrected chi connectivity index (χ1v) is 3.80. The number of hydrogen-bond acceptors (Lipinski definition) is 3. The van der Waals surface area contributed by atoms with Gasteiger partial charge in [-0.3, -0.25) is 5.84 Å². The first-order valence-electron chi connectivity index (χ1n) is 3.00. The molecule has 0 aromatic rings. The molecule has 1 atom stereocenters. The van der Waals surface area contributed by atoms with E-state index in [1.165, 1.54) is 5.57 Å². The summed E-state index contributed by atoms with van der Waals surface area (Å²) in [5.41, 5.74) is 3.78. The Morgan fingerprint density at radius 3 is 3.00 bits per heavy atom. The molecular weight excluding hydrogens is 194 g/mol. The van der Waals surface area contributed by atoms with Gasteiger partial charge in [-0.25, -0.2) is 5.43 Å². The Labute approximate surface area is 68.5 Å². The highest BCUT2D eigenvalue weighted by atomic mass is 79.9. The second-order valence-electron chi connectivity index (χ2n) is 2.15. The van der Waals surface area contributed by atoms with Gasteiger partial charge in [0.05, 0.1) is 0 Å². The van der Waals surface area contributed by atoms with Gasteiger partial charge in [0.15, 0.2) is 0 Å². The topological polar surface area (TPSA) is 50.1 Å². The normalized spacial score (nSPS) is 24.9. The van der Waals surface area contributed by atoms with E-state index in [1.807, 2.05) is 19.2 Å². The maximum atomic E-state index is 5.21. The molecule has 1 rings (SSSR count). The Balaban J connectivity index is 2.66. The number of halogens is 1. The molecule has 0 fully saturated rings. The number of allylic oxidation sites excluding steroid dienone is 2. The molecule has 0 aliphatic carbocycles. The van der Waals surface area contributed by atoms with Crippen LogP contribution in [-0.4, -0.2) is 6.17 Å². The monoisotopic (exact) mass is 203 g/mol. The summed E-state index contributed by atoms with van der Waals surface area (Å²) in [6, 6.07) is 0. The fourth-order valence-corrected chi connectivity index (χ4v) is 1.02. The molecule has 3 nitrogen and oxygen atoms in total. The van der Waals surface area contributed by atoms with Crippen LogP contribution >= 0.6 is 15.9 Å². The third-order valence-corrected chi connectivity index (χ3v) is 2.22. The highest BCUT2D eigenvalue weighted by molar-refractivity contribution is 9.12. The fraction of sp³-hybridized carbons (Fsp3) is 0.333. The van der Waals surface area contributed by atoms with Crippen molar-refractivity contribution in [2.45, 2.75) is 13.1 Å². The molecule has 0 bridgehead atoms. The molecule has 0 spiro atoms. The summed E-state index contributed by atoms with van der Waals surface area (Å²) in [6.07, 6.45) is 3.94. The zero-order valence-electron chi connectivity index (χ0n) is 5.69. The van der Waals surface area contributed by atoms with Crippen LogP contribution in [0.15, 0.2) is 22.3 Å². The summed E-state index contributed by atoms with van der Waals surface area (Å²) in [5, 5.41) is 3.03. The Morgan fingerprint density at radius 2 is 2.50 bits per heavy atom.